The van der Waals surface area contributed by atoms with Gasteiger partial charge in [0.25, 0.3) is 0 Å². The van der Waals surface area contributed by atoms with Crippen molar-refractivity contribution in [2.45, 2.75) is 26.7 Å². The lowest BCUT2D eigenvalue weighted by Gasteiger charge is -2.03. The molecule has 0 aliphatic carbocycles. The summed E-state index contributed by atoms with van der Waals surface area (Å²) in [5.74, 6) is -0.0273. The first-order valence-corrected chi connectivity index (χ1v) is 5.18. The Labute approximate surface area is 90.3 Å². The predicted octanol–water partition coefficient (Wildman–Crippen LogP) is 2.41. The molecule has 0 atom stereocenters. The fourth-order valence-corrected chi connectivity index (χ4v) is 1.28. The van der Waals surface area contributed by atoms with Gasteiger partial charge >= 0.3 is 0 Å². The molecule has 0 heterocycles. The van der Waals surface area contributed by atoms with Crippen molar-refractivity contribution >= 4 is 11.6 Å². The van der Waals surface area contributed by atoms with E-state index in [1.165, 1.54) is 0 Å². The Morgan fingerprint density at radius 2 is 1.73 bits per heavy atom. The standard InChI is InChI=1S/C13H16O2/c1-10(2)13(15)9-12(14)8-11-6-4-3-5-7-11/h3-7,10H,8-9H2,1-2H3. The minimum absolute atomic E-state index is 0.0000926. The lowest BCUT2D eigenvalue weighted by atomic mass is 10.00. The number of Topliss-reactive ketones (excluding diaryl/α,β-unsaturated/α-hetero) is 2. The zero-order valence-corrected chi connectivity index (χ0v) is 9.19. The van der Waals surface area contributed by atoms with E-state index in [4.69, 9.17) is 0 Å². The summed E-state index contributed by atoms with van der Waals surface area (Å²) in [6.07, 6.45) is 0.422. The van der Waals surface area contributed by atoms with Crippen LogP contribution in [-0.4, -0.2) is 11.6 Å². The van der Waals surface area contributed by atoms with E-state index in [2.05, 4.69) is 0 Å². The van der Waals surface area contributed by atoms with Crippen molar-refractivity contribution in [3.05, 3.63) is 35.9 Å². The van der Waals surface area contributed by atoms with E-state index in [1.807, 2.05) is 44.2 Å². The van der Waals surface area contributed by atoms with Crippen molar-refractivity contribution < 1.29 is 9.59 Å². The van der Waals surface area contributed by atoms with Gasteiger partial charge in [-0.2, -0.15) is 0 Å². The van der Waals surface area contributed by atoms with Gasteiger partial charge in [0.05, 0.1) is 6.42 Å². The minimum Gasteiger partial charge on any atom is -0.299 e. The van der Waals surface area contributed by atoms with Crippen LogP contribution in [-0.2, 0) is 16.0 Å². The maximum Gasteiger partial charge on any atom is 0.144 e. The second-order valence-electron chi connectivity index (χ2n) is 4.00. The van der Waals surface area contributed by atoms with Crippen LogP contribution in [0.5, 0.6) is 0 Å². The molecule has 1 aromatic rings. The number of benzene rings is 1. The summed E-state index contributed by atoms with van der Waals surface area (Å²) in [6, 6.07) is 9.50. The van der Waals surface area contributed by atoms with Gasteiger partial charge in [0, 0.05) is 12.3 Å². The molecule has 0 fully saturated rings. The summed E-state index contributed by atoms with van der Waals surface area (Å²) in [5.41, 5.74) is 0.971. The third-order valence-electron chi connectivity index (χ3n) is 2.26. The average Bonchev–Trinajstić information content (AvgIpc) is 2.18. The number of carbonyl (C=O) groups excluding carboxylic acids is 2. The summed E-state index contributed by atoms with van der Waals surface area (Å²) in [5, 5.41) is 0. The first kappa shape index (κ1) is 11.6. The van der Waals surface area contributed by atoms with E-state index in [-0.39, 0.29) is 23.9 Å². The van der Waals surface area contributed by atoms with Gasteiger partial charge in [-0.1, -0.05) is 44.2 Å². The van der Waals surface area contributed by atoms with Crippen molar-refractivity contribution in [1.82, 2.24) is 0 Å². The molecule has 1 rings (SSSR count). The van der Waals surface area contributed by atoms with Gasteiger partial charge in [0.1, 0.15) is 11.6 Å². The largest absolute Gasteiger partial charge is 0.299 e. The molecule has 2 heteroatoms. The number of hydrogen-bond acceptors (Lipinski definition) is 2. The SMILES string of the molecule is CC(C)C(=O)CC(=O)Cc1ccccc1. The minimum atomic E-state index is -0.0512. The monoisotopic (exact) mass is 204 g/mol. The highest BCUT2D eigenvalue weighted by molar-refractivity contribution is 6.00. The molecule has 0 spiro atoms. The van der Waals surface area contributed by atoms with Gasteiger partial charge in [-0.05, 0) is 5.56 Å². The Hall–Kier alpha value is -1.44. The molecule has 0 saturated carbocycles. The number of rotatable bonds is 5. The quantitative estimate of drug-likeness (QED) is 0.690. The molecule has 0 amide bonds. The third-order valence-corrected chi connectivity index (χ3v) is 2.26. The molecule has 80 valence electrons. The van der Waals surface area contributed by atoms with E-state index >= 15 is 0 Å². The van der Waals surface area contributed by atoms with E-state index in [9.17, 15) is 9.59 Å². The van der Waals surface area contributed by atoms with Crippen LogP contribution in [0.4, 0.5) is 0 Å². The molecule has 0 bridgehead atoms. The molecule has 0 radical (unpaired) electrons. The third kappa shape index (κ3) is 4.07. The van der Waals surface area contributed by atoms with E-state index in [0.29, 0.717) is 6.42 Å². The van der Waals surface area contributed by atoms with Crippen LogP contribution in [0.2, 0.25) is 0 Å². The van der Waals surface area contributed by atoms with Crippen LogP contribution >= 0.6 is 0 Å². The van der Waals surface area contributed by atoms with Crippen molar-refractivity contribution in [1.29, 1.82) is 0 Å². The molecule has 0 unspecified atom stereocenters. The molecule has 15 heavy (non-hydrogen) atoms. The Morgan fingerprint density at radius 3 is 2.27 bits per heavy atom. The lowest BCUT2D eigenvalue weighted by Crippen LogP contribution is -2.14. The fourth-order valence-electron chi connectivity index (χ4n) is 1.28. The summed E-state index contributed by atoms with van der Waals surface area (Å²) in [6.45, 7) is 3.64. The fraction of sp³-hybridized carbons (Fsp3) is 0.385. The van der Waals surface area contributed by atoms with Crippen LogP contribution < -0.4 is 0 Å². The summed E-state index contributed by atoms with van der Waals surface area (Å²) < 4.78 is 0. The zero-order chi connectivity index (χ0) is 11.3. The summed E-state index contributed by atoms with van der Waals surface area (Å²) in [4.78, 5) is 22.8. The predicted molar refractivity (Wildman–Crippen MR) is 59.6 cm³/mol. The lowest BCUT2D eigenvalue weighted by molar-refractivity contribution is -0.128. The Bertz CT molecular complexity index is 339. The van der Waals surface area contributed by atoms with E-state index < -0.39 is 0 Å². The molecule has 0 N–H and O–H groups in total. The Balaban J connectivity index is 2.47. The molecule has 0 aliphatic heterocycles. The van der Waals surface area contributed by atoms with Crippen molar-refractivity contribution in [2.24, 2.45) is 5.92 Å². The molecule has 2 nitrogen and oxygen atoms in total. The number of ketones is 2. The zero-order valence-electron chi connectivity index (χ0n) is 9.19. The van der Waals surface area contributed by atoms with Crippen LogP contribution in [0.3, 0.4) is 0 Å². The maximum absolute atomic E-state index is 11.5. The normalized spacial score (nSPS) is 10.3. The molecule has 0 aliphatic rings. The summed E-state index contributed by atoms with van der Waals surface area (Å²) >= 11 is 0. The summed E-state index contributed by atoms with van der Waals surface area (Å²) in [7, 11) is 0. The van der Waals surface area contributed by atoms with Crippen LogP contribution in [0, 0.1) is 5.92 Å². The topological polar surface area (TPSA) is 34.1 Å². The van der Waals surface area contributed by atoms with Gasteiger partial charge in [-0.3, -0.25) is 9.59 Å². The molecular formula is C13H16O2. The van der Waals surface area contributed by atoms with Crippen molar-refractivity contribution in [3.8, 4) is 0 Å². The average molecular weight is 204 g/mol. The van der Waals surface area contributed by atoms with Crippen molar-refractivity contribution in [2.75, 3.05) is 0 Å². The molecule has 0 saturated heterocycles. The van der Waals surface area contributed by atoms with Gasteiger partial charge in [0.2, 0.25) is 0 Å². The second kappa shape index (κ2) is 5.44. The Kier molecular flexibility index (Phi) is 4.22. The van der Waals surface area contributed by atoms with Gasteiger partial charge < -0.3 is 0 Å². The van der Waals surface area contributed by atoms with Crippen molar-refractivity contribution in [3.63, 3.8) is 0 Å². The van der Waals surface area contributed by atoms with E-state index in [0.717, 1.165) is 5.56 Å². The first-order valence-electron chi connectivity index (χ1n) is 5.18. The van der Waals surface area contributed by atoms with Crippen LogP contribution in [0.25, 0.3) is 0 Å². The number of hydrogen-bond donors (Lipinski definition) is 0. The van der Waals surface area contributed by atoms with Crippen LogP contribution in [0.1, 0.15) is 25.8 Å². The van der Waals surface area contributed by atoms with Gasteiger partial charge in [-0.15, -0.1) is 0 Å². The smallest absolute Gasteiger partial charge is 0.144 e. The second-order valence-corrected chi connectivity index (χ2v) is 4.00. The number of carbonyl (C=O) groups is 2. The highest BCUT2D eigenvalue weighted by Gasteiger charge is 2.12. The first-order chi connectivity index (χ1) is 7.09. The van der Waals surface area contributed by atoms with Crippen LogP contribution in [0.15, 0.2) is 30.3 Å². The maximum atomic E-state index is 11.5. The van der Waals surface area contributed by atoms with E-state index in [1.54, 1.807) is 0 Å². The Morgan fingerprint density at radius 1 is 1.13 bits per heavy atom. The molecular weight excluding hydrogens is 188 g/mol. The highest BCUT2D eigenvalue weighted by Crippen LogP contribution is 2.05. The van der Waals surface area contributed by atoms with Gasteiger partial charge in [0.15, 0.2) is 0 Å². The van der Waals surface area contributed by atoms with Gasteiger partial charge in [-0.25, -0.2) is 0 Å². The molecule has 0 aromatic heterocycles. The molecule has 1 aromatic carbocycles. The highest BCUT2D eigenvalue weighted by atomic mass is 16.1.